The monoisotopic (exact) mass is 443 g/mol. The topological polar surface area (TPSA) is 194 Å². The number of rotatable bonds is 14. The largest absolute Gasteiger partial charge is 0.480 e. The van der Waals surface area contributed by atoms with Crippen molar-refractivity contribution in [2.45, 2.75) is 84.5 Å². The van der Waals surface area contributed by atoms with Crippen LogP contribution in [0.5, 0.6) is 0 Å². The molecular formula is C20H37N5O6. The van der Waals surface area contributed by atoms with Crippen LogP contribution in [0.1, 0.15) is 60.3 Å². The molecule has 0 radical (unpaired) electrons. The molecule has 11 heteroatoms. The predicted molar refractivity (Wildman–Crippen MR) is 114 cm³/mol. The van der Waals surface area contributed by atoms with Crippen LogP contribution in [-0.2, 0) is 24.0 Å². The standard InChI is InChI=1S/C20H37N5O6/c1-10(2)8-14(19(29)25-15(20(30)31)9-11(3)4)24-17(27)12(5)23-18(28)13(21)6-7-16(22)26/h10-15H,6-9,21H2,1-5H3,(H2,22,26)(H,23,28)(H,24,27)(H,25,29)(H,30,31). The van der Waals surface area contributed by atoms with Gasteiger partial charge in [-0.25, -0.2) is 4.79 Å². The van der Waals surface area contributed by atoms with Crippen molar-refractivity contribution in [3.05, 3.63) is 0 Å². The van der Waals surface area contributed by atoms with Crippen molar-refractivity contribution in [1.29, 1.82) is 0 Å². The molecule has 31 heavy (non-hydrogen) atoms. The Morgan fingerprint density at radius 2 is 1.26 bits per heavy atom. The van der Waals surface area contributed by atoms with Crippen LogP contribution in [0.2, 0.25) is 0 Å². The third-order valence-electron chi connectivity index (χ3n) is 4.45. The molecule has 4 amide bonds. The van der Waals surface area contributed by atoms with Gasteiger partial charge in [-0.2, -0.15) is 0 Å². The summed E-state index contributed by atoms with van der Waals surface area (Å²) < 4.78 is 0. The van der Waals surface area contributed by atoms with E-state index in [1.54, 1.807) is 0 Å². The number of nitrogens with two attached hydrogens (primary N) is 2. The maximum Gasteiger partial charge on any atom is 0.326 e. The second-order valence-corrected chi connectivity index (χ2v) is 8.56. The lowest BCUT2D eigenvalue weighted by Crippen LogP contribution is -2.56. The molecular weight excluding hydrogens is 406 g/mol. The van der Waals surface area contributed by atoms with E-state index in [0.717, 1.165) is 0 Å². The summed E-state index contributed by atoms with van der Waals surface area (Å²) in [5.74, 6) is -3.50. The third kappa shape index (κ3) is 11.9. The van der Waals surface area contributed by atoms with Gasteiger partial charge in [-0.3, -0.25) is 19.2 Å². The SMILES string of the molecule is CC(C)CC(NC(=O)C(CC(C)C)NC(=O)C(C)NC(=O)C(N)CCC(N)=O)C(=O)O. The zero-order chi connectivity index (χ0) is 24.3. The second-order valence-electron chi connectivity index (χ2n) is 8.56. The molecule has 0 saturated carbocycles. The number of amides is 4. The van der Waals surface area contributed by atoms with Crippen molar-refractivity contribution in [3.63, 3.8) is 0 Å². The van der Waals surface area contributed by atoms with Gasteiger partial charge in [0.2, 0.25) is 23.6 Å². The Labute approximate surface area is 183 Å². The molecule has 0 heterocycles. The minimum atomic E-state index is -1.15. The highest BCUT2D eigenvalue weighted by Crippen LogP contribution is 2.09. The van der Waals surface area contributed by atoms with Crippen LogP contribution in [0.3, 0.4) is 0 Å². The van der Waals surface area contributed by atoms with E-state index in [2.05, 4.69) is 16.0 Å². The van der Waals surface area contributed by atoms with Crippen molar-refractivity contribution in [2.75, 3.05) is 0 Å². The van der Waals surface area contributed by atoms with E-state index in [0.29, 0.717) is 0 Å². The Hall–Kier alpha value is -2.69. The quantitative estimate of drug-likeness (QED) is 0.203. The van der Waals surface area contributed by atoms with Gasteiger partial charge in [0.25, 0.3) is 0 Å². The molecule has 8 N–H and O–H groups in total. The van der Waals surface area contributed by atoms with E-state index < -0.39 is 53.8 Å². The Morgan fingerprint density at radius 3 is 1.71 bits per heavy atom. The third-order valence-corrected chi connectivity index (χ3v) is 4.45. The average molecular weight is 444 g/mol. The number of carboxylic acid groups (broad SMARTS) is 1. The normalized spacial score (nSPS) is 15.0. The summed E-state index contributed by atoms with van der Waals surface area (Å²) in [5.41, 5.74) is 10.7. The highest BCUT2D eigenvalue weighted by Gasteiger charge is 2.29. The van der Waals surface area contributed by atoms with Crippen molar-refractivity contribution in [2.24, 2.45) is 23.3 Å². The fraction of sp³-hybridized carbons (Fsp3) is 0.750. The summed E-state index contributed by atoms with van der Waals surface area (Å²) in [6.45, 7) is 8.83. The average Bonchev–Trinajstić information content (AvgIpc) is 2.63. The Bertz CT molecular complexity index is 652. The Balaban J connectivity index is 5.06. The van der Waals surface area contributed by atoms with Gasteiger partial charge in [-0.1, -0.05) is 27.7 Å². The number of hydrogen-bond donors (Lipinski definition) is 6. The summed E-state index contributed by atoms with van der Waals surface area (Å²) in [4.78, 5) is 59.5. The molecule has 178 valence electrons. The smallest absolute Gasteiger partial charge is 0.326 e. The van der Waals surface area contributed by atoms with Crippen LogP contribution >= 0.6 is 0 Å². The Morgan fingerprint density at radius 1 is 0.774 bits per heavy atom. The summed E-state index contributed by atoms with van der Waals surface area (Å²) >= 11 is 0. The Kier molecular flexibility index (Phi) is 12.4. The van der Waals surface area contributed by atoms with Gasteiger partial charge in [0.1, 0.15) is 18.1 Å². The van der Waals surface area contributed by atoms with Gasteiger partial charge in [0.15, 0.2) is 0 Å². The molecule has 4 atom stereocenters. The fourth-order valence-corrected chi connectivity index (χ4v) is 2.78. The van der Waals surface area contributed by atoms with Crippen LogP contribution in [0.15, 0.2) is 0 Å². The first kappa shape index (κ1) is 28.3. The summed E-state index contributed by atoms with van der Waals surface area (Å²) in [5, 5.41) is 16.8. The highest BCUT2D eigenvalue weighted by molar-refractivity contribution is 5.94. The van der Waals surface area contributed by atoms with E-state index in [-0.39, 0.29) is 37.5 Å². The van der Waals surface area contributed by atoms with Crippen LogP contribution < -0.4 is 27.4 Å². The van der Waals surface area contributed by atoms with E-state index in [4.69, 9.17) is 11.5 Å². The molecule has 4 unspecified atom stereocenters. The fourth-order valence-electron chi connectivity index (χ4n) is 2.78. The zero-order valence-corrected chi connectivity index (χ0v) is 18.9. The van der Waals surface area contributed by atoms with E-state index in [1.807, 2.05) is 27.7 Å². The lowest BCUT2D eigenvalue weighted by molar-refractivity contribution is -0.143. The van der Waals surface area contributed by atoms with E-state index in [1.165, 1.54) is 6.92 Å². The van der Waals surface area contributed by atoms with Crippen molar-refractivity contribution < 1.29 is 29.1 Å². The number of primary amides is 1. The number of carbonyl (C=O) groups excluding carboxylic acids is 4. The molecule has 0 rings (SSSR count). The number of carboxylic acids is 1. The van der Waals surface area contributed by atoms with Crippen LogP contribution in [0.25, 0.3) is 0 Å². The summed E-state index contributed by atoms with van der Waals surface area (Å²) in [6, 6.07) is -4.05. The van der Waals surface area contributed by atoms with Gasteiger partial charge < -0.3 is 32.5 Å². The van der Waals surface area contributed by atoms with Crippen LogP contribution in [-0.4, -0.2) is 58.9 Å². The minimum Gasteiger partial charge on any atom is -0.480 e. The van der Waals surface area contributed by atoms with Crippen molar-refractivity contribution >= 4 is 29.6 Å². The summed E-state index contributed by atoms with van der Waals surface area (Å²) in [6.07, 6.45) is 0.511. The number of nitrogens with one attached hydrogen (secondary N) is 3. The van der Waals surface area contributed by atoms with Crippen LogP contribution in [0.4, 0.5) is 0 Å². The van der Waals surface area contributed by atoms with Crippen molar-refractivity contribution in [3.8, 4) is 0 Å². The molecule has 0 bridgehead atoms. The molecule has 11 nitrogen and oxygen atoms in total. The lowest BCUT2D eigenvalue weighted by atomic mass is 10.0. The minimum absolute atomic E-state index is 0.0385. The molecule has 0 aliphatic carbocycles. The molecule has 0 saturated heterocycles. The second kappa shape index (κ2) is 13.6. The molecule has 0 aromatic rings. The van der Waals surface area contributed by atoms with Crippen molar-refractivity contribution in [1.82, 2.24) is 16.0 Å². The first-order valence-corrected chi connectivity index (χ1v) is 10.4. The molecule has 0 aromatic heterocycles. The first-order valence-electron chi connectivity index (χ1n) is 10.4. The van der Waals surface area contributed by atoms with Crippen LogP contribution in [0, 0.1) is 11.8 Å². The van der Waals surface area contributed by atoms with Gasteiger partial charge >= 0.3 is 5.97 Å². The predicted octanol–water partition coefficient (Wildman–Crippen LogP) is -0.770. The number of aliphatic carboxylic acids is 1. The maximum atomic E-state index is 12.7. The summed E-state index contributed by atoms with van der Waals surface area (Å²) in [7, 11) is 0. The van der Waals surface area contributed by atoms with E-state index in [9.17, 15) is 29.1 Å². The first-order chi connectivity index (χ1) is 14.2. The molecule has 0 spiro atoms. The highest BCUT2D eigenvalue weighted by atomic mass is 16.4. The molecule has 0 aliphatic heterocycles. The molecule has 0 fully saturated rings. The number of hydrogen-bond acceptors (Lipinski definition) is 6. The zero-order valence-electron chi connectivity index (χ0n) is 18.9. The molecule has 0 aliphatic rings. The molecule has 0 aromatic carbocycles. The van der Waals surface area contributed by atoms with Gasteiger partial charge in [0, 0.05) is 6.42 Å². The van der Waals surface area contributed by atoms with Gasteiger partial charge in [0.05, 0.1) is 6.04 Å². The maximum absolute atomic E-state index is 12.7. The van der Waals surface area contributed by atoms with Gasteiger partial charge in [-0.05, 0) is 38.0 Å². The lowest BCUT2D eigenvalue weighted by Gasteiger charge is -2.25. The van der Waals surface area contributed by atoms with Gasteiger partial charge in [-0.15, -0.1) is 0 Å². The number of carbonyl (C=O) groups is 5. The van der Waals surface area contributed by atoms with E-state index >= 15 is 0 Å².